The minimum atomic E-state index is -2.97. The Bertz CT molecular complexity index is 543. The zero-order valence-corrected chi connectivity index (χ0v) is 12.3. The highest BCUT2D eigenvalue weighted by atomic mass is 79.9. The number of hydrogen-bond donors (Lipinski definition) is 2. The van der Waals surface area contributed by atoms with Gasteiger partial charge in [-0.2, -0.15) is 0 Å². The molecule has 18 heavy (non-hydrogen) atoms. The van der Waals surface area contributed by atoms with E-state index in [2.05, 4.69) is 21.2 Å². The number of amides is 1. The summed E-state index contributed by atoms with van der Waals surface area (Å²) in [5, 5.41) is 2.65. The second-order valence-electron chi connectivity index (χ2n) is 3.98. The third-order valence-corrected chi connectivity index (χ3v) is 3.96. The van der Waals surface area contributed by atoms with Crippen molar-refractivity contribution >= 4 is 37.4 Å². The Hall–Kier alpha value is -1.08. The molecule has 0 spiro atoms. The summed E-state index contributed by atoms with van der Waals surface area (Å²) in [6.45, 7) is 0.327. The summed E-state index contributed by atoms with van der Waals surface area (Å²) in [6, 6.07) is 4.88. The van der Waals surface area contributed by atoms with Crippen LogP contribution in [0, 0.1) is 0 Å². The second kappa shape index (κ2) is 6.19. The van der Waals surface area contributed by atoms with E-state index in [1.54, 1.807) is 18.2 Å². The molecule has 0 aliphatic heterocycles. The number of sulfone groups is 1. The minimum absolute atomic E-state index is 0.0682. The number of hydrogen-bond acceptors (Lipinski definition) is 4. The topological polar surface area (TPSA) is 89.3 Å². The van der Waals surface area contributed by atoms with E-state index in [0.717, 1.165) is 0 Å². The standard InChI is InChI=1S/C11H15BrN2O3S/c1-18(16,17)6-2-5-14-11(15)8-3-4-10(13)9(12)7-8/h3-4,7H,2,5-6,13H2,1H3,(H,14,15). The molecule has 0 aromatic heterocycles. The predicted molar refractivity (Wildman–Crippen MR) is 75.2 cm³/mol. The van der Waals surface area contributed by atoms with Gasteiger partial charge in [0.15, 0.2) is 0 Å². The van der Waals surface area contributed by atoms with Crippen LogP contribution in [0.5, 0.6) is 0 Å². The van der Waals surface area contributed by atoms with Crippen molar-refractivity contribution in [1.82, 2.24) is 5.32 Å². The molecule has 0 atom stereocenters. The minimum Gasteiger partial charge on any atom is -0.398 e. The average molecular weight is 335 g/mol. The zero-order valence-electron chi connectivity index (χ0n) is 9.94. The van der Waals surface area contributed by atoms with Crippen LogP contribution in [0.4, 0.5) is 5.69 Å². The van der Waals surface area contributed by atoms with Gasteiger partial charge in [0.2, 0.25) is 0 Å². The molecule has 0 aliphatic rings. The summed E-state index contributed by atoms with van der Waals surface area (Å²) in [6.07, 6.45) is 1.58. The number of nitrogens with two attached hydrogens (primary N) is 1. The van der Waals surface area contributed by atoms with E-state index in [-0.39, 0.29) is 11.7 Å². The van der Waals surface area contributed by atoms with Crippen LogP contribution in [0.15, 0.2) is 22.7 Å². The molecular weight excluding hydrogens is 320 g/mol. The van der Waals surface area contributed by atoms with Crippen molar-refractivity contribution in [3.8, 4) is 0 Å². The number of benzene rings is 1. The van der Waals surface area contributed by atoms with Crippen LogP contribution in [0.3, 0.4) is 0 Å². The first-order valence-corrected chi connectivity index (χ1v) is 8.16. The molecule has 0 saturated heterocycles. The van der Waals surface area contributed by atoms with Crippen LogP contribution >= 0.6 is 15.9 Å². The number of rotatable bonds is 5. The first kappa shape index (κ1) is 15.0. The van der Waals surface area contributed by atoms with Gasteiger partial charge in [0, 0.05) is 28.5 Å². The number of nitrogen functional groups attached to an aromatic ring is 1. The third kappa shape index (κ3) is 5.05. The number of anilines is 1. The molecular formula is C11H15BrN2O3S. The zero-order chi connectivity index (χ0) is 13.8. The van der Waals surface area contributed by atoms with E-state index in [1.807, 2.05) is 0 Å². The number of halogens is 1. The highest BCUT2D eigenvalue weighted by molar-refractivity contribution is 9.10. The normalized spacial score (nSPS) is 11.2. The van der Waals surface area contributed by atoms with Crippen LogP contribution < -0.4 is 11.1 Å². The van der Waals surface area contributed by atoms with Gasteiger partial charge in [0.05, 0.1) is 5.75 Å². The van der Waals surface area contributed by atoms with Crippen molar-refractivity contribution in [2.45, 2.75) is 6.42 Å². The van der Waals surface area contributed by atoms with Crippen LogP contribution in [-0.2, 0) is 9.84 Å². The van der Waals surface area contributed by atoms with Gasteiger partial charge >= 0.3 is 0 Å². The van der Waals surface area contributed by atoms with Gasteiger partial charge in [0.1, 0.15) is 9.84 Å². The summed E-state index contributed by atoms with van der Waals surface area (Å²) in [4.78, 5) is 11.7. The maximum atomic E-state index is 11.7. The van der Waals surface area contributed by atoms with E-state index in [9.17, 15) is 13.2 Å². The third-order valence-electron chi connectivity index (χ3n) is 2.24. The van der Waals surface area contributed by atoms with E-state index in [4.69, 9.17) is 5.73 Å². The SMILES string of the molecule is CS(=O)(=O)CCCNC(=O)c1ccc(N)c(Br)c1. The van der Waals surface area contributed by atoms with Crippen molar-refractivity contribution in [3.63, 3.8) is 0 Å². The fraction of sp³-hybridized carbons (Fsp3) is 0.364. The summed E-state index contributed by atoms with van der Waals surface area (Å²) in [5.74, 6) is -0.178. The van der Waals surface area contributed by atoms with Gasteiger partial charge in [-0.05, 0) is 40.5 Å². The van der Waals surface area contributed by atoms with E-state index < -0.39 is 9.84 Å². The first-order chi connectivity index (χ1) is 8.29. The molecule has 0 saturated carbocycles. The second-order valence-corrected chi connectivity index (χ2v) is 7.09. The molecule has 100 valence electrons. The van der Waals surface area contributed by atoms with Crippen LogP contribution in [0.25, 0.3) is 0 Å². The molecule has 1 aromatic rings. The van der Waals surface area contributed by atoms with Gasteiger partial charge in [-0.25, -0.2) is 8.42 Å². The molecule has 0 radical (unpaired) electrons. The lowest BCUT2D eigenvalue weighted by molar-refractivity contribution is 0.0953. The van der Waals surface area contributed by atoms with Crippen LogP contribution in [0.2, 0.25) is 0 Å². The molecule has 1 aromatic carbocycles. The smallest absolute Gasteiger partial charge is 0.251 e. The first-order valence-electron chi connectivity index (χ1n) is 5.30. The van der Waals surface area contributed by atoms with Crippen molar-refractivity contribution in [3.05, 3.63) is 28.2 Å². The van der Waals surface area contributed by atoms with Crippen molar-refractivity contribution in [2.75, 3.05) is 24.3 Å². The molecule has 0 bridgehead atoms. The van der Waals surface area contributed by atoms with Crippen molar-refractivity contribution in [2.24, 2.45) is 0 Å². The molecule has 5 nitrogen and oxygen atoms in total. The Kier molecular flexibility index (Phi) is 5.15. The number of carbonyl (C=O) groups excluding carboxylic acids is 1. The number of nitrogens with one attached hydrogen (secondary N) is 1. The van der Waals surface area contributed by atoms with Crippen molar-refractivity contribution in [1.29, 1.82) is 0 Å². The summed E-state index contributed by atoms with van der Waals surface area (Å²) in [7, 11) is -2.97. The van der Waals surface area contributed by atoms with Gasteiger partial charge in [0.25, 0.3) is 5.91 Å². The molecule has 0 fully saturated rings. The van der Waals surface area contributed by atoms with Gasteiger partial charge in [-0.1, -0.05) is 0 Å². The lowest BCUT2D eigenvalue weighted by Gasteiger charge is -2.06. The lowest BCUT2D eigenvalue weighted by Crippen LogP contribution is -2.25. The van der Waals surface area contributed by atoms with Crippen LogP contribution in [0.1, 0.15) is 16.8 Å². The van der Waals surface area contributed by atoms with E-state index >= 15 is 0 Å². The van der Waals surface area contributed by atoms with Crippen molar-refractivity contribution < 1.29 is 13.2 Å². The molecule has 1 rings (SSSR count). The average Bonchev–Trinajstić information content (AvgIpc) is 2.26. The monoisotopic (exact) mass is 334 g/mol. The van der Waals surface area contributed by atoms with Gasteiger partial charge < -0.3 is 11.1 Å². The predicted octanol–water partition coefficient (Wildman–Crippen LogP) is 1.20. The quantitative estimate of drug-likeness (QED) is 0.625. The molecule has 1 amide bonds. The summed E-state index contributed by atoms with van der Waals surface area (Å²) in [5.41, 5.74) is 6.65. The lowest BCUT2D eigenvalue weighted by atomic mass is 10.2. The largest absolute Gasteiger partial charge is 0.398 e. The fourth-order valence-electron chi connectivity index (χ4n) is 1.31. The highest BCUT2D eigenvalue weighted by Gasteiger charge is 2.07. The molecule has 0 heterocycles. The van der Waals surface area contributed by atoms with E-state index in [1.165, 1.54) is 6.26 Å². The fourth-order valence-corrected chi connectivity index (χ4v) is 2.35. The Morgan fingerprint density at radius 1 is 1.44 bits per heavy atom. The van der Waals surface area contributed by atoms with Crippen LogP contribution in [-0.4, -0.2) is 32.9 Å². The molecule has 0 aliphatic carbocycles. The maximum absolute atomic E-state index is 11.7. The van der Waals surface area contributed by atoms with Gasteiger partial charge in [-0.3, -0.25) is 4.79 Å². The Labute approximate surface area is 115 Å². The maximum Gasteiger partial charge on any atom is 0.251 e. The number of carbonyl (C=O) groups is 1. The molecule has 3 N–H and O–H groups in total. The Balaban J connectivity index is 2.48. The molecule has 7 heteroatoms. The van der Waals surface area contributed by atoms with E-state index in [0.29, 0.717) is 28.7 Å². The highest BCUT2D eigenvalue weighted by Crippen LogP contribution is 2.20. The summed E-state index contributed by atoms with van der Waals surface area (Å²) < 4.78 is 22.4. The van der Waals surface area contributed by atoms with Gasteiger partial charge in [-0.15, -0.1) is 0 Å². The molecule has 0 unspecified atom stereocenters. The Morgan fingerprint density at radius 2 is 2.11 bits per heavy atom. The summed E-state index contributed by atoms with van der Waals surface area (Å²) >= 11 is 3.24. The Morgan fingerprint density at radius 3 is 2.67 bits per heavy atom.